The number of nitrogens with zero attached hydrogens (tertiary/aromatic N) is 2. The van der Waals surface area contributed by atoms with E-state index in [-0.39, 0.29) is 6.03 Å². The van der Waals surface area contributed by atoms with Crippen LogP contribution in [0.15, 0.2) is 30.3 Å². The lowest BCUT2D eigenvalue weighted by molar-refractivity contribution is 0.143. The van der Waals surface area contributed by atoms with Crippen LogP contribution in [0.2, 0.25) is 0 Å². The van der Waals surface area contributed by atoms with Gasteiger partial charge in [0.1, 0.15) is 0 Å². The van der Waals surface area contributed by atoms with Gasteiger partial charge in [0.25, 0.3) is 0 Å². The van der Waals surface area contributed by atoms with Crippen molar-refractivity contribution in [1.82, 2.24) is 15.1 Å². The van der Waals surface area contributed by atoms with Crippen LogP contribution in [0.1, 0.15) is 12.5 Å². The molecule has 0 aromatic heterocycles. The van der Waals surface area contributed by atoms with E-state index in [0.29, 0.717) is 18.1 Å². The Bertz CT molecular complexity index is 487. The zero-order valence-electron chi connectivity index (χ0n) is 13.2. The topological polar surface area (TPSA) is 52.6 Å². The number of carbonyl (C=O) groups excluding carboxylic acids is 1. The Kier molecular flexibility index (Phi) is 6.86. The summed E-state index contributed by atoms with van der Waals surface area (Å²) in [6, 6.07) is 9.76. The summed E-state index contributed by atoms with van der Waals surface area (Å²) in [5, 5.41) is 2.88. The van der Waals surface area contributed by atoms with Gasteiger partial charge in [-0.2, -0.15) is 0 Å². The molecule has 1 aromatic rings. The average Bonchev–Trinajstić information content (AvgIpc) is 2.55. The van der Waals surface area contributed by atoms with Gasteiger partial charge >= 0.3 is 6.03 Å². The Morgan fingerprint density at radius 3 is 2.50 bits per heavy atom. The summed E-state index contributed by atoms with van der Waals surface area (Å²) in [7, 11) is -0.941. The molecule has 1 atom stereocenters. The Labute approximate surface area is 135 Å². The Morgan fingerprint density at radius 1 is 1.18 bits per heavy atom. The zero-order chi connectivity index (χ0) is 15.8. The summed E-state index contributed by atoms with van der Waals surface area (Å²) in [4.78, 5) is 16.2. The van der Waals surface area contributed by atoms with Crippen molar-refractivity contribution in [3.05, 3.63) is 35.9 Å². The Hall–Kier alpha value is -1.40. The molecule has 0 bridgehead atoms. The summed E-state index contributed by atoms with van der Waals surface area (Å²) in [5.74, 6) is 1.04. The van der Waals surface area contributed by atoms with E-state index >= 15 is 0 Å². The summed E-state index contributed by atoms with van der Waals surface area (Å²) in [6.07, 6.45) is 0. The highest BCUT2D eigenvalue weighted by atomic mass is 32.2. The maximum absolute atomic E-state index is 12.0. The predicted molar refractivity (Wildman–Crippen MR) is 90.2 cm³/mol. The monoisotopic (exact) mass is 323 g/mol. The van der Waals surface area contributed by atoms with Crippen LogP contribution in [0.3, 0.4) is 0 Å². The second kappa shape index (κ2) is 8.90. The van der Waals surface area contributed by atoms with Gasteiger partial charge in [0.05, 0.1) is 0 Å². The first-order valence-corrected chi connectivity index (χ1v) is 9.32. The molecule has 2 amide bonds. The highest BCUT2D eigenvalue weighted by Gasteiger charge is 2.19. The molecule has 0 spiro atoms. The molecule has 1 aliphatic heterocycles. The number of rotatable bonds is 6. The van der Waals surface area contributed by atoms with Crippen LogP contribution < -0.4 is 5.32 Å². The van der Waals surface area contributed by atoms with Crippen LogP contribution >= 0.6 is 0 Å². The molecule has 5 nitrogen and oxygen atoms in total. The second-order valence-corrected chi connectivity index (χ2v) is 7.00. The third-order valence-corrected chi connectivity index (χ3v) is 5.20. The van der Waals surface area contributed by atoms with E-state index in [4.69, 9.17) is 0 Å². The first-order chi connectivity index (χ1) is 10.7. The van der Waals surface area contributed by atoms with E-state index < -0.39 is 10.8 Å². The van der Waals surface area contributed by atoms with Crippen LogP contribution in [0, 0.1) is 0 Å². The molecular formula is C16H25N3O2S. The number of hydrogen-bond acceptors (Lipinski definition) is 3. The van der Waals surface area contributed by atoms with Crippen molar-refractivity contribution in [2.24, 2.45) is 0 Å². The standard InChI is InChI=1S/C16H25N3O2S/c1-2-18-9-11-19(12-10-18)16(20)17-8-13-22(21)14-15-6-4-3-5-7-15/h3-7H,2,8-14H2,1H3,(H,17,20). The minimum absolute atomic E-state index is 0.0348. The largest absolute Gasteiger partial charge is 0.337 e. The van der Waals surface area contributed by atoms with Crippen molar-refractivity contribution in [3.63, 3.8) is 0 Å². The molecule has 2 rings (SSSR count). The molecule has 0 saturated carbocycles. The third kappa shape index (κ3) is 5.42. The van der Waals surface area contributed by atoms with Crippen LogP contribution in [0.5, 0.6) is 0 Å². The van der Waals surface area contributed by atoms with Gasteiger partial charge in [-0.1, -0.05) is 37.3 Å². The van der Waals surface area contributed by atoms with Crippen molar-refractivity contribution in [2.45, 2.75) is 12.7 Å². The molecule has 1 aromatic carbocycles. The van der Waals surface area contributed by atoms with Gasteiger partial charge in [0.2, 0.25) is 0 Å². The maximum Gasteiger partial charge on any atom is 0.317 e. The lowest BCUT2D eigenvalue weighted by Gasteiger charge is -2.33. The fraction of sp³-hybridized carbons (Fsp3) is 0.562. The molecule has 6 heteroatoms. The molecule has 0 aliphatic carbocycles. The van der Waals surface area contributed by atoms with Crippen LogP contribution in [-0.2, 0) is 16.6 Å². The van der Waals surface area contributed by atoms with Gasteiger partial charge < -0.3 is 15.1 Å². The summed E-state index contributed by atoms with van der Waals surface area (Å²) < 4.78 is 12.0. The number of nitrogens with one attached hydrogen (secondary N) is 1. The van der Waals surface area contributed by atoms with E-state index in [1.807, 2.05) is 35.2 Å². The van der Waals surface area contributed by atoms with E-state index in [2.05, 4.69) is 17.1 Å². The lowest BCUT2D eigenvalue weighted by atomic mass is 10.2. The minimum atomic E-state index is -0.941. The summed E-state index contributed by atoms with van der Waals surface area (Å²) in [6.45, 7) is 7.05. The van der Waals surface area contributed by atoms with E-state index in [1.54, 1.807) is 0 Å². The number of amides is 2. The second-order valence-electron chi connectivity index (χ2n) is 5.43. The lowest BCUT2D eigenvalue weighted by Crippen LogP contribution is -2.52. The molecule has 1 N–H and O–H groups in total. The Balaban J connectivity index is 1.64. The van der Waals surface area contributed by atoms with Crippen LogP contribution in [0.25, 0.3) is 0 Å². The maximum atomic E-state index is 12.0. The minimum Gasteiger partial charge on any atom is -0.337 e. The number of urea groups is 1. The molecule has 1 unspecified atom stereocenters. The molecule has 22 heavy (non-hydrogen) atoms. The van der Waals surface area contributed by atoms with Crippen molar-refractivity contribution in [2.75, 3.05) is 45.0 Å². The molecule has 122 valence electrons. The molecule has 1 saturated heterocycles. The molecule has 1 heterocycles. The van der Waals surface area contributed by atoms with Gasteiger partial charge in [0, 0.05) is 55.0 Å². The number of likely N-dealkylation sites (N-methyl/N-ethyl adjacent to an activating group) is 1. The fourth-order valence-corrected chi connectivity index (χ4v) is 3.52. The van der Waals surface area contributed by atoms with Crippen molar-refractivity contribution < 1.29 is 9.00 Å². The zero-order valence-corrected chi connectivity index (χ0v) is 14.0. The van der Waals surface area contributed by atoms with Crippen LogP contribution in [-0.4, -0.2) is 65.1 Å². The van der Waals surface area contributed by atoms with Crippen molar-refractivity contribution in [3.8, 4) is 0 Å². The quantitative estimate of drug-likeness (QED) is 0.858. The smallest absolute Gasteiger partial charge is 0.317 e. The SMILES string of the molecule is CCN1CCN(C(=O)NCCS(=O)Cc2ccccc2)CC1. The third-order valence-electron chi connectivity index (χ3n) is 3.88. The fourth-order valence-electron chi connectivity index (χ4n) is 2.48. The van der Waals surface area contributed by atoms with E-state index in [0.717, 1.165) is 38.3 Å². The first-order valence-electron chi connectivity index (χ1n) is 7.83. The molecular weight excluding hydrogens is 298 g/mol. The van der Waals surface area contributed by atoms with Gasteiger partial charge in [-0.25, -0.2) is 4.79 Å². The number of hydrogen-bond donors (Lipinski definition) is 1. The normalized spacial score (nSPS) is 17.2. The van der Waals surface area contributed by atoms with E-state index in [1.165, 1.54) is 0 Å². The summed E-state index contributed by atoms with van der Waals surface area (Å²) >= 11 is 0. The van der Waals surface area contributed by atoms with Crippen LogP contribution in [0.4, 0.5) is 4.79 Å². The Morgan fingerprint density at radius 2 is 1.86 bits per heavy atom. The predicted octanol–water partition coefficient (Wildman–Crippen LogP) is 1.28. The molecule has 1 aliphatic rings. The van der Waals surface area contributed by atoms with E-state index in [9.17, 15) is 9.00 Å². The highest BCUT2D eigenvalue weighted by Crippen LogP contribution is 2.03. The van der Waals surface area contributed by atoms with Gasteiger partial charge in [-0.3, -0.25) is 4.21 Å². The molecule has 0 radical (unpaired) electrons. The van der Waals surface area contributed by atoms with Gasteiger partial charge in [-0.05, 0) is 12.1 Å². The van der Waals surface area contributed by atoms with Crippen molar-refractivity contribution >= 4 is 16.8 Å². The number of piperazine rings is 1. The van der Waals surface area contributed by atoms with Crippen molar-refractivity contribution in [1.29, 1.82) is 0 Å². The van der Waals surface area contributed by atoms with Gasteiger partial charge in [-0.15, -0.1) is 0 Å². The van der Waals surface area contributed by atoms with Gasteiger partial charge in [0.15, 0.2) is 0 Å². The average molecular weight is 323 g/mol. The molecule has 1 fully saturated rings. The highest BCUT2D eigenvalue weighted by molar-refractivity contribution is 7.84. The first kappa shape index (κ1) is 17.0. The number of benzene rings is 1. The summed E-state index contributed by atoms with van der Waals surface area (Å²) in [5.41, 5.74) is 1.07. The number of carbonyl (C=O) groups is 1.